The number of fused-ring (bicyclic) bond motifs is 1. The number of ether oxygens (including phenoxy) is 1. The molecule has 25 heavy (non-hydrogen) atoms. The summed E-state index contributed by atoms with van der Waals surface area (Å²) in [6, 6.07) is 11.2. The highest BCUT2D eigenvalue weighted by Gasteiger charge is 2.42. The second-order valence-electron chi connectivity index (χ2n) is 6.57. The molecule has 1 saturated carbocycles. The average Bonchev–Trinajstić information content (AvgIpc) is 2.61. The number of primary amides is 1. The lowest BCUT2D eigenvalue weighted by molar-refractivity contribution is -0.140. The Labute approximate surface area is 146 Å². The van der Waals surface area contributed by atoms with Gasteiger partial charge in [-0.2, -0.15) is 5.26 Å². The molecule has 0 heterocycles. The number of carbonyl (C=O) groups excluding carboxylic acids is 2. The van der Waals surface area contributed by atoms with E-state index in [2.05, 4.69) is 6.07 Å². The second-order valence-corrected chi connectivity index (χ2v) is 6.57. The van der Waals surface area contributed by atoms with Crippen LogP contribution in [-0.4, -0.2) is 17.5 Å². The van der Waals surface area contributed by atoms with Crippen LogP contribution in [0.25, 0.3) is 10.8 Å². The van der Waals surface area contributed by atoms with Gasteiger partial charge in [-0.25, -0.2) is 4.79 Å². The zero-order valence-electron chi connectivity index (χ0n) is 14.2. The summed E-state index contributed by atoms with van der Waals surface area (Å²) < 4.78 is 5.69. The molecule has 5 heteroatoms. The molecule has 0 unspecified atom stereocenters. The number of carbonyl (C=O) groups is 2. The summed E-state index contributed by atoms with van der Waals surface area (Å²) >= 11 is 0. The molecule has 0 aromatic heterocycles. The summed E-state index contributed by atoms with van der Waals surface area (Å²) in [6.45, 7) is 1.72. The third-order valence-corrected chi connectivity index (χ3v) is 5.03. The highest BCUT2D eigenvalue weighted by Crippen LogP contribution is 2.34. The Morgan fingerprint density at radius 1 is 1.20 bits per heavy atom. The van der Waals surface area contributed by atoms with E-state index in [0.717, 1.165) is 24.6 Å². The number of nitriles is 1. The predicted octanol–water partition coefficient (Wildman–Crippen LogP) is 3.36. The third kappa shape index (κ3) is 2.96. The van der Waals surface area contributed by atoms with Gasteiger partial charge in [0.25, 0.3) is 5.91 Å². The topological polar surface area (TPSA) is 93.2 Å². The first-order valence-electron chi connectivity index (χ1n) is 8.44. The molecular formula is C20H20N2O3. The van der Waals surface area contributed by atoms with Crippen molar-refractivity contribution in [1.29, 1.82) is 5.26 Å². The van der Waals surface area contributed by atoms with Crippen molar-refractivity contribution < 1.29 is 14.3 Å². The lowest BCUT2D eigenvalue weighted by Gasteiger charge is -2.34. The number of hydrogen-bond acceptors (Lipinski definition) is 4. The van der Waals surface area contributed by atoms with Gasteiger partial charge in [0.1, 0.15) is 0 Å². The Hall–Kier alpha value is -2.87. The van der Waals surface area contributed by atoms with E-state index in [1.54, 1.807) is 13.0 Å². The maximum absolute atomic E-state index is 13.0. The van der Waals surface area contributed by atoms with Crippen LogP contribution in [0.5, 0.6) is 0 Å². The van der Waals surface area contributed by atoms with Gasteiger partial charge in [0.2, 0.25) is 0 Å². The number of hydrogen-bond donors (Lipinski definition) is 1. The maximum atomic E-state index is 13.0. The molecule has 1 aliphatic rings. The number of nitrogens with zero attached hydrogens (tertiary/aromatic N) is 1. The summed E-state index contributed by atoms with van der Waals surface area (Å²) in [5, 5.41) is 10.9. The van der Waals surface area contributed by atoms with E-state index in [9.17, 15) is 14.9 Å². The fraction of sp³-hybridized carbons (Fsp3) is 0.350. The molecule has 0 bridgehead atoms. The van der Waals surface area contributed by atoms with Gasteiger partial charge in [0.15, 0.2) is 5.60 Å². The van der Waals surface area contributed by atoms with Crippen LogP contribution in [0.1, 0.15) is 53.6 Å². The average molecular weight is 336 g/mol. The molecule has 2 N–H and O–H groups in total. The van der Waals surface area contributed by atoms with Crippen molar-refractivity contribution >= 4 is 22.6 Å². The molecule has 0 radical (unpaired) electrons. The van der Waals surface area contributed by atoms with Gasteiger partial charge < -0.3 is 10.5 Å². The van der Waals surface area contributed by atoms with E-state index >= 15 is 0 Å². The van der Waals surface area contributed by atoms with Gasteiger partial charge in [0.05, 0.1) is 17.2 Å². The summed E-state index contributed by atoms with van der Waals surface area (Å²) in [5.41, 5.74) is 5.63. The molecule has 0 atom stereocenters. The lowest BCUT2D eigenvalue weighted by atomic mass is 9.84. The molecule has 2 aromatic rings. The van der Waals surface area contributed by atoms with Crippen LogP contribution in [0.4, 0.5) is 0 Å². The minimum Gasteiger partial charge on any atom is -0.445 e. The van der Waals surface area contributed by atoms with E-state index in [4.69, 9.17) is 10.5 Å². The number of amides is 1. The summed E-state index contributed by atoms with van der Waals surface area (Å²) in [4.78, 5) is 25.0. The van der Waals surface area contributed by atoms with Gasteiger partial charge >= 0.3 is 5.97 Å². The highest BCUT2D eigenvalue weighted by molar-refractivity contribution is 6.07. The molecule has 0 aliphatic heterocycles. The zero-order valence-corrected chi connectivity index (χ0v) is 14.2. The van der Waals surface area contributed by atoms with Crippen LogP contribution >= 0.6 is 0 Å². The SMILES string of the molecule is Cc1c(C#N)cc2ccccc2c1C(=O)OC1(C(N)=O)CCCCC1. The number of rotatable bonds is 3. The van der Waals surface area contributed by atoms with Crippen LogP contribution in [-0.2, 0) is 9.53 Å². The van der Waals surface area contributed by atoms with Crippen LogP contribution in [0.2, 0.25) is 0 Å². The van der Waals surface area contributed by atoms with Crippen LogP contribution in [0.15, 0.2) is 30.3 Å². The third-order valence-electron chi connectivity index (χ3n) is 5.03. The predicted molar refractivity (Wildman–Crippen MR) is 93.8 cm³/mol. The Bertz CT molecular complexity index is 890. The molecule has 128 valence electrons. The molecular weight excluding hydrogens is 316 g/mol. The summed E-state index contributed by atoms with van der Waals surface area (Å²) in [5.74, 6) is -1.19. The van der Waals surface area contributed by atoms with Crippen molar-refractivity contribution in [2.75, 3.05) is 0 Å². The Morgan fingerprint density at radius 2 is 1.88 bits per heavy atom. The largest absolute Gasteiger partial charge is 0.445 e. The van der Waals surface area contributed by atoms with Gasteiger partial charge in [0, 0.05) is 0 Å². The smallest absolute Gasteiger partial charge is 0.340 e. The van der Waals surface area contributed by atoms with Crippen molar-refractivity contribution in [3.8, 4) is 6.07 Å². The normalized spacial score (nSPS) is 16.2. The van der Waals surface area contributed by atoms with Crippen molar-refractivity contribution in [1.82, 2.24) is 0 Å². The fourth-order valence-electron chi connectivity index (χ4n) is 3.58. The maximum Gasteiger partial charge on any atom is 0.340 e. The van der Waals surface area contributed by atoms with E-state index in [0.29, 0.717) is 34.9 Å². The molecule has 1 aliphatic carbocycles. The molecule has 3 rings (SSSR count). The van der Waals surface area contributed by atoms with Crippen molar-refractivity contribution in [3.63, 3.8) is 0 Å². The summed E-state index contributed by atoms with van der Waals surface area (Å²) in [6.07, 6.45) is 3.49. The zero-order chi connectivity index (χ0) is 18.0. The Morgan fingerprint density at radius 3 is 2.52 bits per heavy atom. The lowest BCUT2D eigenvalue weighted by Crippen LogP contribution is -2.49. The van der Waals surface area contributed by atoms with Gasteiger partial charge in [-0.15, -0.1) is 0 Å². The van der Waals surface area contributed by atoms with Crippen molar-refractivity contribution in [2.45, 2.75) is 44.6 Å². The molecule has 0 saturated heterocycles. The first kappa shape index (κ1) is 17.0. The van der Waals surface area contributed by atoms with Crippen molar-refractivity contribution in [2.24, 2.45) is 5.73 Å². The Balaban J connectivity index is 2.09. The standard InChI is InChI=1S/C20H20N2O3/c1-13-15(12-21)11-14-7-3-4-8-16(14)17(13)18(23)25-20(19(22)24)9-5-2-6-10-20/h3-4,7-8,11H,2,5-6,9-10H2,1H3,(H2,22,24). The minimum absolute atomic E-state index is 0.334. The monoisotopic (exact) mass is 336 g/mol. The van der Waals surface area contributed by atoms with Crippen LogP contribution in [0.3, 0.4) is 0 Å². The molecule has 1 fully saturated rings. The fourth-order valence-corrected chi connectivity index (χ4v) is 3.58. The first-order chi connectivity index (χ1) is 12.0. The minimum atomic E-state index is -1.24. The molecule has 2 aromatic carbocycles. The number of esters is 1. The second kappa shape index (κ2) is 6.56. The van der Waals surface area contributed by atoms with Crippen LogP contribution < -0.4 is 5.73 Å². The number of benzene rings is 2. The van der Waals surface area contributed by atoms with E-state index in [1.165, 1.54) is 0 Å². The van der Waals surface area contributed by atoms with Gasteiger partial charge in [-0.1, -0.05) is 30.7 Å². The highest BCUT2D eigenvalue weighted by atomic mass is 16.6. The van der Waals surface area contributed by atoms with Crippen molar-refractivity contribution in [3.05, 3.63) is 47.0 Å². The quantitative estimate of drug-likeness (QED) is 0.870. The van der Waals surface area contributed by atoms with E-state index in [1.807, 2.05) is 24.3 Å². The number of nitrogens with two attached hydrogens (primary N) is 1. The summed E-state index contributed by atoms with van der Waals surface area (Å²) in [7, 11) is 0. The molecule has 0 spiro atoms. The van der Waals surface area contributed by atoms with Gasteiger partial charge in [-0.05, 0) is 55.0 Å². The molecule has 5 nitrogen and oxygen atoms in total. The Kier molecular flexibility index (Phi) is 4.45. The van der Waals surface area contributed by atoms with E-state index in [-0.39, 0.29) is 0 Å². The molecule has 1 amide bonds. The van der Waals surface area contributed by atoms with Gasteiger partial charge in [-0.3, -0.25) is 4.79 Å². The van der Waals surface area contributed by atoms with Crippen LogP contribution in [0, 0.1) is 18.3 Å². The first-order valence-corrected chi connectivity index (χ1v) is 8.44. The van der Waals surface area contributed by atoms with E-state index < -0.39 is 17.5 Å².